The number of benzene rings is 1. The summed E-state index contributed by atoms with van der Waals surface area (Å²) in [6.07, 6.45) is 0. The third-order valence-corrected chi connectivity index (χ3v) is 5.71. The van der Waals surface area contributed by atoms with Crippen LogP contribution in [0, 0.1) is 6.92 Å². The molecule has 2 aromatic rings. The molecule has 0 radical (unpaired) electrons. The number of sulfonamides is 1. The van der Waals surface area contributed by atoms with Crippen molar-refractivity contribution in [2.75, 3.05) is 25.0 Å². The lowest BCUT2D eigenvalue weighted by atomic mass is 10.3. The number of hydrogen-bond acceptors (Lipinski definition) is 7. The van der Waals surface area contributed by atoms with Crippen LogP contribution in [0.2, 0.25) is 0 Å². The number of anilines is 1. The first-order valence-electron chi connectivity index (χ1n) is 8.28. The second-order valence-electron chi connectivity index (χ2n) is 5.57. The van der Waals surface area contributed by atoms with Crippen LogP contribution in [-0.2, 0) is 19.6 Å². The van der Waals surface area contributed by atoms with E-state index in [2.05, 4.69) is 10.5 Å². The molecule has 146 valence electrons. The first-order chi connectivity index (χ1) is 12.8. The van der Waals surface area contributed by atoms with Crippen LogP contribution in [0.5, 0.6) is 0 Å². The zero-order chi connectivity index (χ0) is 20.0. The highest BCUT2D eigenvalue weighted by Gasteiger charge is 2.21. The van der Waals surface area contributed by atoms with Gasteiger partial charge in [0.15, 0.2) is 6.61 Å². The van der Waals surface area contributed by atoms with Crippen molar-refractivity contribution in [1.29, 1.82) is 0 Å². The molecule has 0 bridgehead atoms. The molecule has 1 amide bonds. The largest absolute Gasteiger partial charge is 0.450 e. The molecular weight excluding hydrogens is 374 g/mol. The van der Waals surface area contributed by atoms with E-state index >= 15 is 0 Å². The highest BCUT2D eigenvalue weighted by Crippen LogP contribution is 2.18. The molecule has 0 fully saturated rings. The highest BCUT2D eigenvalue weighted by molar-refractivity contribution is 7.89. The van der Waals surface area contributed by atoms with Gasteiger partial charge >= 0.3 is 5.97 Å². The smallest absolute Gasteiger partial charge is 0.377 e. The van der Waals surface area contributed by atoms with Gasteiger partial charge in [0.2, 0.25) is 15.8 Å². The minimum absolute atomic E-state index is 0.0914. The number of carbonyl (C=O) groups excluding carboxylic acids is 2. The van der Waals surface area contributed by atoms with E-state index in [9.17, 15) is 18.0 Å². The van der Waals surface area contributed by atoms with E-state index < -0.39 is 28.5 Å². The van der Waals surface area contributed by atoms with Gasteiger partial charge in [-0.15, -0.1) is 0 Å². The molecule has 10 heteroatoms. The number of aryl methyl sites for hydroxylation is 1. The third-order valence-electron chi connectivity index (χ3n) is 3.64. The second-order valence-corrected chi connectivity index (χ2v) is 7.51. The molecule has 0 aliphatic carbocycles. The van der Waals surface area contributed by atoms with Gasteiger partial charge in [0.05, 0.1) is 10.6 Å². The third kappa shape index (κ3) is 5.14. The van der Waals surface area contributed by atoms with Gasteiger partial charge in [-0.05, 0) is 31.2 Å². The quantitative estimate of drug-likeness (QED) is 0.677. The fourth-order valence-electron chi connectivity index (χ4n) is 2.28. The Hall–Kier alpha value is -2.72. The maximum atomic E-state index is 12.4. The Morgan fingerprint density at radius 1 is 1.19 bits per heavy atom. The minimum Gasteiger partial charge on any atom is -0.450 e. The SMILES string of the molecule is CCN(CC)S(=O)(=O)c1ccc(NC(=O)COC(=O)c2cc(C)no2)cc1. The summed E-state index contributed by atoms with van der Waals surface area (Å²) in [6.45, 7) is 5.39. The number of rotatable bonds is 8. The lowest BCUT2D eigenvalue weighted by molar-refractivity contribution is -0.119. The molecule has 9 nitrogen and oxygen atoms in total. The summed E-state index contributed by atoms with van der Waals surface area (Å²) in [5.41, 5.74) is 0.899. The highest BCUT2D eigenvalue weighted by atomic mass is 32.2. The van der Waals surface area contributed by atoms with E-state index in [0.29, 0.717) is 24.5 Å². The number of nitrogens with one attached hydrogen (secondary N) is 1. The first-order valence-corrected chi connectivity index (χ1v) is 9.72. The van der Waals surface area contributed by atoms with Crippen LogP contribution in [-0.4, -0.2) is 49.5 Å². The molecule has 0 saturated heterocycles. The van der Waals surface area contributed by atoms with E-state index in [0.717, 1.165) is 0 Å². The van der Waals surface area contributed by atoms with Gasteiger partial charge in [-0.3, -0.25) is 4.79 Å². The van der Waals surface area contributed by atoms with Gasteiger partial charge in [-0.25, -0.2) is 13.2 Å². The normalized spacial score (nSPS) is 11.4. The predicted molar refractivity (Wildman–Crippen MR) is 96.7 cm³/mol. The number of nitrogens with zero attached hydrogens (tertiary/aromatic N) is 2. The molecule has 0 aliphatic rings. The fourth-order valence-corrected chi connectivity index (χ4v) is 3.74. The van der Waals surface area contributed by atoms with Gasteiger partial charge in [0, 0.05) is 24.8 Å². The van der Waals surface area contributed by atoms with Crippen molar-refractivity contribution in [3.05, 3.63) is 41.8 Å². The molecule has 1 aromatic heterocycles. The van der Waals surface area contributed by atoms with Crippen molar-refractivity contribution in [3.8, 4) is 0 Å². The van der Waals surface area contributed by atoms with Crippen LogP contribution in [0.4, 0.5) is 5.69 Å². The number of ether oxygens (including phenoxy) is 1. The van der Waals surface area contributed by atoms with Crippen molar-refractivity contribution in [2.45, 2.75) is 25.7 Å². The van der Waals surface area contributed by atoms with Crippen molar-refractivity contribution in [3.63, 3.8) is 0 Å². The zero-order valence-electron chi connectivity index (χ0n) is 15.3. The summed E-state index contributed by atoms with van der Waals surface area (Å²) in [5.74, 6) is -1.46. The van der Waals surface area contributed by atoms with Gasteiger partial charge in [0.25, 0.3) is 5.91 Å². The first kappa shape index (κ1) is 20.6. The molecule has 1 N–H and O–H groups in total. The van der Waals surface area contributed by atoms with Crippen molar-refractivity contribution in [2.24, 2.45) is 0 Å². The number of carbonyl (C=O) groups is 2. The van der Waals surface area contributed by atoms with E-state index in [1.165, 1.54) is 34.6 Å². The summed E-state index contributed by atoms with van der Waals surface area (Å²) in [4.78, 5) is 23.7. The van der Waals surface area contributed by atoms with Crippen molar-refractivity contribution < 1.29 is 27.3 Å². The summed E-state index contributed by atoms with van der Waals surface area (Å²) >= 11 is 0. The Labute approximate surface area is 157 Å². The summed E-state index contributed by atoms with van der Waals surface area (Å²) in [6, 6.07) is 7.15. The fraction of sp³-hybridized carbons (Fsp3) is 0.353. The molecule has 0 atom stereocenters. The molecule has 1 aromatic carbocycles. The number of amides is 1. The number of esters is 1. The van der Waals surface area contributed by atoms with Crippen molar-refractivity contribution in [1.82, 2.24) is 9.46 Å². The van der Waals surface area contributed by atoms with Crippen LogP contribution in [0.1, 0.15) is 30.1 Å². The average Bonchev–Trinajstić information content (AvgIpc) is 3.07. The van der Waals surface area contributed by atoms with Gasteiger partial charge < -0.3 is 14.6 Å². The predicted octanol–water partition coefficient (Wildman–Crippen LogP) is 1.81. The van der Waals surface area contributed by atoms with Gasteiger partial charge in [-0.2, -0.15) is 4.31 Å². The Balaban J connectivity index is 1.94. The molecule has 2 rings (SSSR count). The zero-order valence-corrected chi connectivity index (χ0v) is 16.1. The van der Waals surface area contributed by atoms with E-state index in [1.807, 2.05) is 0 Å². The molecular formula is C17H21N3O6S. The maximum absolute atomic E-state index is 12.4. The molecule has 0 unspecified atom stereocenters. The topological polar surface area (TPSA) is 119 Å². The Morgan fingerprint density at radius 3 is 2.33 bits per heavy atom. The van der Waals surface area contributed by atoms with Crippen LogP contribution >= 0.6 is 0 Å². The molecule has 0 aliphatic heterocycles. The Morgan fingerprint density at radius 2 is 1.81 bits per heavy atom. The summed E-state index contributed by atoms with van der Waals surface area (Å²) in [5, 5.41) is 6.08. The second kappa shape index (κ2) is 8.78. The van der Waals surface area contributed by atoms with Crippen LogP contribution < -0.4 is 5.32 Å². The minimum atomic E-state index is -3.56. The number of aromatic nitrogens is 1. The van der Waals surface area contributed by atoms with Crippen LogP contribution in [0.25, 0.3) is 0 Å². The number of hydrogen-bond donors (Lipinski definition) is 1. The Bertz CT molecular complexity index is 901. The lowest BCUT2D eigenvalue weighted by Gasteiger charge is -2.18. The standard InChI is InChI=1S/C17H21N3O6S/c1-4-20(5-2)27(23,24)14-8-6-13(7-9-14)18-16(21)11-25-17(22)15-10-12(3)19-26-15/h6-10H,4-5,11H2,1-3H3,(H,18,21). The van der Waals surface area contributed by atoms with Crippen LogP contribution in [0.15, 0.2) is 39.8 Å². The molecule has 0 saturated carbocycles. The molecule has 0 spiro atoms. The Kier molecular flexibility index (Phi) is 6.70. The van der Waals surface area contributed by atoms with Gasteiger partial charge in [-0.1, -0.05) is 19.0 Å². The van der Waals surface area contributed by atoms with E-state index in [1.54, 1.807) is 20.8 Å². The molecule has 1 heterocycles. The average molecular weight is 395 g/mol. The lowest BCUT2D eigenvalue weighted by Crippen LogP contribution is -2.30. The summed E-state index contributed by atoms with van der Waals surface area (Å²) in [7, 11) is -3.56. The van der Waals surface area contributed by atoms with Crippen LogP contribution in [0.3, 0.4) is 0 Å². The van der Waals surface area contributed by atoms with Gasteiger partial charge in [0.1, 0.15) is 0 Å². The van der Waals surface area contributed by atoms with Crippen molar-refractivity contribution >= 4 is 27.6 Å². The maximum Gasteiger partial charge on any atom is 0.377 e. The van der Waals surface area contributed by atoms with E-state index in [4.69, 9.17) is 9.26 Å². The monoisotopic (exact) mass is 395 g/mol. The van der Waals surface area contributed by atoms with E-state index in [-0.39, 0.29) is 10.7 Å². The molecule has 27 heavy (non-hydrogen) atoms. The summed E-state index contributed by atoms with van der Waals surface area (Å²) < 4.78 is 35.7.